The van der Waals surface area contributed by atoms with E-state index < -0.39 is 0 Å². The number of anilines is 1. The van der Waals surface area contributed by atoms with E-state index in [1.165, 1.54) is 18.4 Å². The van der Waals surface area contributed by atoms with Crippen LogP contribution in [0.15, 0.2) is 67.8 Å². The van der Waals surface area contributed by atoms with Crippen LogP contribution in [0.1, 0.15) is 66.6 Å². The topological polar surface area (TPSA) is 105 Å². The lowest BCUT2D eigenvalue weighted by Crippen LogP contribution is -2.45. The smallest absolute Gasteiger partial charge is 0.312 e. The molecule has 13 heteroatoms. The Morgan fingerprint density at radius 2 is 1.46 bits per heavy atom. The second kappa shape index (κ2) is 15.4. The minimum atomic E-state index is -0.233. The lowest BCUT2D eigenvalue weighted by atomic mass is 10.0. The highest BCUT2D eigenvalue weighted by Crippen LogP contribution is 2.28. The fraction of sp³-hybridized carbons (Fsp3) is 0.462. The number of hydrogen-bond acceptors (Lipinski definition) is 7. The average Bonchev–Trinajstić information content (AvgIpc) is 3.93. The maximum atomic E-state index is 14.2. The van der Waals surface area contributed by atoms with Crippen molar-refractivity contribution in [1.29, 1.82) is 0 Å². The summed E-state index contributed by atoms with van der Waals surface area (Å²) in [5, 5.41) is 11.9. The molecule has 0 unspecified atom stereocenters. The molecule has 4 aromatic heterocycles. The first-order valence-electron chi connectivity index (χ1n) is 18.4. The molecule has 0 saturated carbocycles. The normalized spacial score (nSPS) is 18.1. The van der Waals surface area contributed by atoms with Crippen LogP contribution < -0.4 is 10.2 Å². The molecule has 7 heterocycles. The molecule has 0 atom stereocenters. The Morgan fingerprint density at radius 3 is 2.10 bits per heavy atom. The van der Waals surface area contributed by atoms with Gasteiger partial charge in [0.2, 0.25) is 0 Å². The van der Waals surface area contributed by atoms with Crippen LogP contribution in [0.3, 0.4) is 0 Å². The maximum Gasteiger partial charge on any atom is 0.326 e. The zero-order valence-corrected chi connectivity index (χ0v) is 30.8. The van der Waals surface area contributed by atoms with Gasteiger partial charge in [-0.2, -0.15) is 10.2 Å². The first kappa shape index (κ1) is 35.5. The number of nitrogens with one attached hydrogen (secondary N) is 1. The fourth-order valence-corrected chi connectivity index (χ4v) is 7.49. The van der Waals surface area contributed by atoms with E-state index in [2.05, 4.69) is 64.3 Å². The van der Waals surface area contributed by atoms with E-state index >= 15 is 0 Å². The minimum Gasteiger partial charge on any atom is -0.312 e. The van der Waals surface area contributed by atoms with Crippen molar-refractivity contribution in [2.75, 3.05) is 50.7 Å². The Bertz CT molecular complexity index is 2030. The van der Waals surface area contributed by atoms with Crippen LogP contribution in [0.25, 0.3) is 16.9 Å². The number of fused-ring (bicyclic) bond motifs is 1. The zero-order valence-electron chi connectivity index (χ0n) is 30.8. The van der Waals surface area contributed by atoms with Crippen LogP contribution in [0.2, 0.25) is 0 Å². The SMILES string of the molecule is C=C1CCN(c2cnn(C3CCN(CCN4CCC(n5cc(C)cn5)CC4)CC3)c2)C(=O)N1.Cc1cc(F)c(-c2cnc(C)c3nccn23)cc1C. The quantitative estimate of drug-likeness (QED) is 0.213. The lowest BCUT2D eigenvalue weighted by Gasteiger charge is -2.36. The molecule has 0 aliphatic carbocycles. The van der Waals surface area contributed by atoms with Crippen molar-refractivity contribution in [3.8, 4) is 11.3 Å². The van der Waals surface area contributed by atoms with E-state index in [4.69, 9.17) is 0 Å². The number of likely N-dealkylation sites (tertiary alicyclic amines) is 2. The molecule has 0 bridgehead atoms. The summed E-state index contributed by atoms with van der Waals surface area (Å²) < 4.78 is 20.3. The largest absolute Gasteiger partial charge is 0.326 e. The highest BCUT2D eigenvalue weighted by molar-refractivity contribution is 5.93. The molecule has 274 valence electrons. The highest BCUT2D eigenvalue weighted by Gasteiger charge is 2.26. The molecule has 3 aliphatic heterocycles. The van der Waals surface area contributed by atoms with Crippen molar-refractivity contribution in [3.05, 3.63) is 96.0 Å². The van der Waals surface area contributed by atoms with E-state index in [0.717, 1.165) is 98.1 Å². The molecular formula is C39H50FN11O. The van der Waals surface area contributed by atoms with Crippen LogP contribution in [0.5, 0.6) is 0 Å². The van der Waals surface area contributed by atoms with E-state index in [0.29, 0.717) is 24.2 Å². The molecule has 0 radical (unpaired) electrons. The number of carbonyl (C=O) groups is 1. The number of halogens is 1. The highest BCUT2D eigenvalue weighted by atomic mass is 19.1. The first-order valence-corrected chi connectivity index (χ1v) is 18.4. The van der Waals surface area contributed by atoms with Crippen molar-refractivity contribution in [1.82, 2.24) is 49.0 Å². The van der Waals surface area contributed by atoms with Gasteiger partial charge in [0.15, 0.2) is 5.65 Å². The third kappa shape index (κ3) is 7.80. The molecule has 1 aromatic carbocycles. The number of rotatable bonds is 7. The van der Waals surface area contributed by atoms with Gasteiger partial charge >= 0.3 is 6.03 Å². The zero-order chi connectivity index (χ0) is 36.4. The number of benzene rings is 1. The van der Waals surface area contributed by atoms with E-state index in [1.807, 2.05) is 56.0 Å². The molecule has 1 N–H and O–H groups in total. The number of piperidine rings is 2. The summed E-state index contributed by atoms with van der Waals surface area (Å²) in [6.45, 7) is 19.2. The molecule has 0 spiro atoms. The number of imidazole rings is 1. The Morgan fingerprint density at radius 1 is 0.827 bits per heavy atom. The maximum absolute atomic E-state index is 14.2. The number of urea groups is 1. The van der Waals surface area contributed by atoms with Gasteiger partial charge in [0.1, 0.15) is 5.82 Å². The van der Waals surface area contributed by atoms with Crippen molar-refractivity contribution >= 4 is 17.4 Å². The third-order valence-electron chi connectivity index (χ3n) is 10.9. The van der Waals surface area contributed by atoms with Crippen LogP contribution in [-0.2, 0) is 0 Å². The van der Waals surface area contributed by atoms with Crippen LogP contribution in [-0.4, -0.2) is 95.6 Å². The summed E-state index contributed by atoms with van der Waals surface area (Å²) in [7, 11) is 0. The van der Waals surface area contributed by atoms with Gasteiger partial charge in [0, 0.05) is 88.3 Å². The summed E-state index contributed by atoms with van der Waals surface area (Å²) in [6, 6.07) is 4.28. The second-order valence-corrected chi connectivity index (χ2v) is 14.5. The minimum absolute atomic E-state index is 0.107. The standard InChI is InChI=1S/C24H36N8O.C15H14FN3/c1-19-15-25-31(17-19)21-4-8-28(9-5-21)13-14-29-10-6-22(7-11-29)32-18-23(16-26-32)30-12-3-20(2)27-24(30)33;1-9-6-12(13(16)7-10(9)2)14-8-18-11(3)15-17-4-5-19(14)15/h15-18,21-22H,2-14H2,1H3,(H,27,33);4-8H,1-3H3. The summed E-state index contributed by atoms with van der Waals surface area (Å²) in [5.41, 5.74) is 7.78. The number of aromatic nitrogens is 7. The fourth-order valence-electron chi connectivity index (χ4n) is 7.49. The van der Waals surface area contributed by atoms with Crippen LogP contribution in [0.4, 0.5) is 14.9 Å². The summed E-state index contributed by atoms with van der Waals surface area (Å²) >= 11 is 0. The molecule has 12 nitrogen and oxygen atoms in total. The number of hydrogen-bond donors (Lipinski definition) is 1. The monoisotopic (exact) mass is 707 g/mol. The molecule has 2 amide bonds. The lowest BCUT2D eigenvalue weighted by molar-refractivity contribution is 0.130. The van der Waals surface area contributed by atoms with Gasteiger partial charge in [-0.15, -0.1) is 0 Å². The van der Waals surface area contributed by atoms with Crippen LogP contribution >= 0.6 is 0 Å². The van der Waals surface area contributed by atoms with Gasteiger partial charge in [0.25, 0.3) is 0 Å². The third-order valence-corrected chi connectivity index (χ3v) is 10.9. The molecule has 3 saturated heterocycles. The summed E-state index contributed by atoms with van der Waals surface area (Å²) in [5.74, 6) is -0.233. The average molecular weight is 708 g/mol. The molecular weight excluding hydrogens is 658 g/mol. The predicted octanol–water partition coefficient (Wildman–Crippen LogP) is 6.26. The molecule has 3 aliphatic rings. The molecule has 52 heavy (non-hydrogen) atoms. The van der Waals surface area contributed by atoms with Crippen LogP contribution in [0, 0.1) is 33.5 Å². The summed E-state index contributed by atoms with van der Waals surface area (Å²) in [4.78, 5) is 27.7. The number of aryl methyl sites for hydroxylation is 4. The van der Waals surface area contributed by atoms with Gasteiger partial charge in [-0.25, -0.2) is 14.2 Å². The Labute approximate surface area is 304 Å². The van der Waals surface area contributed by atoms with E-state index in [9.17, 15) is 9.18 Å². The number of carbonyl (C=O) groups excluding carboxylic acids is 1. The van der Waals surface area contributed by atoms with Gasteiger partial charge < -0.3 is 15.1 Å². The van der Waals surface area contributed by atoms with Gasteiger partial charge in [-0.1, -0.05) is 6.58 Å². The van der Waals surface area contributed by atoms with Gasteiger partial charge in [0.05, 0.1) is 47.7 Å². The van der Waals surface area contributed by atoms with Gasteiger partial charge in [-0.3, -0.25) is 23.6 Å². The molecule has 5 aromatic rings. The van der Waals surface area contributed by atoms with E-state index in [-0.39, 0.29) is 11.8 Å². The van der Waals surface area contributed by atoms with Crippen molar-refractivity contribution in [3.63, 3.8) is 0 Å². The van der Waals surface area contributed by atoms with Gasteiger partial charge in [-0.05, 0) is 82.2 Å². The van der Waals surface area contributed by atoms with E-state index in [1.54, 1.807) is 23.4 Å². The Kier molecular flexibility index (Phi) is 10.5. The summed E-state index contributed by atoms with van der Waals surface area (Å²) in [6.07, 6.45) is 18.5. The number of nitrogens with zero attached hydrogens (tertiary/aromatic N) is 10. The molecule has 3 fully saturated rings. The first-order chi connectivity index (χ1) is 25.1. The Hall–Kier alpha value is -4.88. The predicted molar refractivity (Wildman–Crippen MR) is 201 cm³/mol. The number of amides is 2. The Balaban J connectivity index is 0.000000187. The van der Waals surface area contributed by atoms with Crippen molar-refractivity contribution in [2.24, 2.45) is 0 Å². The van der Waals surface area contributed by atoms with Crippen molar-refractivity contribution < 1.29 is 9.18 Å². The molecule has 8 rings (SSSR count). The van der Waals surface area contributed by atoms with Crippen molar-refractivity contribution in [2.45, 2.75) is 71.9 Å². The second-order valence-electron chi connectivity index (χ2n) is 14.5.